The average molecular weight is 375 g/mol. The summed E-state index contributed by atoms with van der Waals surface area (Å²) < 4.78 is 0. The molecule has 0 saturated heterocycles. The molecule has 1 rings (SSSR count). The van der Waals surface area contributed by atoms with Crippen molar-refractivity contribution in [3.63, 3.8) is 0 Å². The van der Waals surface area contributed by atoms with Crippen LogP contribution in [-0.2, 0) is 4.79 Å². The Balaban J connectivity index is 0.000000797. The standard InChI is InChI=1S/C18H34O2.C7H8/c1-2-3-4-5-6-7-8-9-10-11-12-13-14-15-16-17-18(19)20;1-7-5-3-2-4-6-7/h9-10H,2-8,11-17H2,1H3,(H,19,20);2-6H,1H3. The molecular weight excluding hydrogens is 332 g/mol. The highest BCUT2D eigenvalue weighted by atomic mass is 16.4. The highest BCUT2D eigenvalue weighted by Gasteiger charge is 1.95. The first-order valence-electron chi connectivity index (χ1n) is 11.0. The number of benzene rings is 1. The van der Waals surface area contributed by atoms with Gasteiger partial charge in [-0.25, -0.2) is 0 Å². The van der Waals surface area contributed by atoms with E-state index in [2.05, 4.69) is 38.1 Å². The molecule has 1 aromatic rings. The van der Waals surface area contributed by atoms with Gasteiger partial charge in [0.2, 0.25) is 0 Å². The third-order valence-corrected chi connectivity index (χ3v) is 4.59. The van der Waals surface area contributed by atoms with Gasteiger partial charge < -0.3 is 5.11 Å². The van der Waals surface area contributed by atoms with Gasteiger partial charge in [0.15, 0.2) is 0 Å². The number of carboxylic acids is 1. The number of carboxylic acid groups (broad SMARTS) is 1. The molecule has 154 valence electrons. The summed E-state index contributed by atoms with van der Waals surface area (Å²) >= 11 is 0. The Morgan fingerprint density at radius 3 is 1.70 bits per heavy atom. The fourth-order valence-electron chi connectivity index (χ4n) is 2.88. The van der Waals surface area contributed by atoms with Gasteiger partial charge >= 0.3 is 5.97 Å². The van der Waals surface area contributed by atoms with Crippen molar-refractivity contribution < 1.29 is 9.90 Å². The number of unbranched alkanes of at least 4 members (excludes halogenated alkanes) is 11. The zero-order valence-corrected chi connectivity index (χ0v) is 17.8. The molecule has 0 fully saturated rings. The maximum atomic E-state index is 10.3. The van der Waals surface area contributed by atoms with E-state index < -0.39 is 5.97 Å². The number of aryl methyl sites for hydroxylation is 1. The van der Waals surface area contributed by atoms with Crippen LogP contribution < -0.4 is 0 Å². The van der Waals surface area contributed by atoms with E-state index in [0.717, 1.165) is 12.8 Å². The lowest BCUT2D eigenvalue weighted by Gasteiger charge is -1.99. The Hall–Kier alpha value is -1.57. The second-order valence-electron chi connectivity index (χ2n) is 7.38. The lowest BCUT2D eigenvalue weighted by Crippen LogP contribution is -1.93. The van der Waals surface area contributed by atoms with Crippen molar-refractivity contribution in [1.82, 2.24) is 0 Å². The molecule has 0 spiro atoms. The van der Waals surface area contributed by atoms with Crippen LogP contribution in [0.25, 0.3) is 0 Å². The predicted octanol–water partition coefficient (Wildman–Crippen LogP) is 8.10. The van der Waals surface area contributed by atoms with Gasteiger partial charge in [-0.2, -0.15) is 0 Å². The quantitative estimate of drug-likeness (QED) is 0.249. The van der Waals surface area contributed by atoms with E-state index in [0.29, 0.717) is 6.42 Å². The number of aliphatic carboxylic acids is 1. The normalized spacial score (nSPS) is 10.6. The molecule has 0 amide bonds. The van der Waals surface area contributed by atoms with Crippen LogP contribution in [0.2, 0.25) is 0 Å². The Morgan fingerprint density at radius 2 is 1.26 bits per heavy atom. The second kappa shape index (κ2) is 20.7. The summed E-state index contributed by atoms with van der Waals surface area (Å²) in [5.41, 5.74) is 1.32. The van der Waals surface area contributed by atoms with Crippen LogP contribution in [0.3, 0.4) is 0 Å². The van der Waals surface area contributed by atoms with Crippen molar-refractivity contribution >= 4 is 5.97 Å². The Bertz CT molecular complexity index is 451. The first-order valence-corrected chi connectivity index (χ1v) is 11.0. The Kier molecular flexibility index (Phi) is 19.5. The first kappa shape index (κ1) is 25.4. The molecule has 2 nitrogen and oxygen atoms in total. The summed E-state index contributed by atoms with van der Waals surface area (Å²) in [5, 5.41) is 8.51. The van der Waals surface area contributed by atoms with Gasteiger partial charge in [0.25, 0.3) is 0 Å². The van der Waals surface area contributed by atoms with Crippen LogP contribution in [0.15, 0.2) is 42.5 Å². The molecule has 0 atom stereocenters. The zero-order chi connectivity index (χ0) is 20.0. The molecule has 0 aliphatic rings. The topological polar surface area (TPSA) is 37.3 Å². The summed E-state index contributed by atoms with van der Waals surface area (Å²) in [5.74, 6) is -0.664. The van der Waals surface area contributed by atoms with Crippen LogP contribution in [0.1, 0.15) is 102 Å². The number of rotatable bonds is 15. The van der Waals surface area contributed by atoms with Crippen LogP contribution in [-0.4, -0.2) is 11.1 Å². The van der Waals surface area contributed by atoms with Crippen molar-refractivity contribution in [3.05, 3.63) is 48.0 Å². The molecule has 0 aliphatic heterocycles. The van der Waals surface area contributed by atoms with Gasteiger partial charge in [0.05, 0.1) is 0 Å². The largest absolute Gasteiger partial charge is 0.481 e. The van der Waals surface area contributed by atoms with E-state index in [9.17, 15) is 4.79 Å². The maximum Gasteiger partial charge on any atom is 0.303 e. The van der Waals surface area contributed by atoms with E-state index in [1.165, 1.54) is 76.2 Å². The second-order valence-corrected chi connectivity index (χ2v) is 7.38. The van der Waals surface area contributed by atoms with Crippen molar-refractivity contribution in [2.24, 2.45) is 0 Å². The average Bonchev–Trinajstić information content (AvgIpc) is 2.66. The van der Waals surface area contributed by atoms with E-state index in [4.69, 9.17) is 5.11 Å². The summed E-state index contributed by atoms with van der Waals surface area (Å²) in [7, 11) is 0. The molecule has 2 heteroatoms. The lowest BCUT2D eigenvalue weighted by molar-refractivity contribution is -0.137. The zero-order valence-electron chi connectivity index (χ0n) is 17.8. The third-order valence-electron chi connectivity index (χ3n) is 4.59. The minimum atomic E-state index is -0.664. The fraction of sp³-hybridized carbons (Fsp3) is 0.640. The number of hydrogen-bond acceptors (Lipinski definition) is 1. The molecule has 0 radical (unpaired) electrons. The van der Waals surface area contributed by atoms with Crippen LogP contribution in [0.4, 0.5) is 0 Å². The van der Waals surface area contributed by atoms with E-state index in [1.807, 2.05) is 18.2 Å². The number of carbonyl (C=O) groups is 1. The lowest BCUT2D eigenvalue weighted by atomic mass is 10.1. The van der Waals surface area contributed by atoms with Crippen molar-refractivity contribution in [2.45, 2.75) is 104 Å². The molecule has 0 aromatic heterocycles. The van der Waals surface area contributed by atoms with Crippen molar-refractivity contribution in [3.8, 4) is 0 Å². The van der Waals surface area contributed by atoms with Crippen molar-refractivity contribution in [2.75, 3.05) is 0 Å². The van der Waals surface area contributed by atoms with Crippen LogP contribution in [0, 0.1) is 6.92 Å². The summed E-state index contributed by atoms with van der Waals surface area (Å²) in [6, 6.07) is 10.3. The highest BCUT2D eigenvalue weighted by Crippen LogP contribution is 2.09. The van der Waals surface area contributed by atoms with Crippen LogP contribution in [0.5, 0.6) is 0 Å². The fourth-order valence-corrected chi connectivity index (χ4v) is 2.88. The van der Waals surface area contributed by atoms with E-state index >= 15 is 0 Å². The molecule has 0 bridgehead atoms. The molecule has 27 heavy (non-hydrogen) atoms. The monoisotopic (exact) mass is 374 g/mol. The number of allylic oxidation sites excluding steroid dienone is 2. The van der Waals surface area contributed by atoms with E-state index in [-0.39, 0.29) is 0 Å². The van der Waals surface area contributed by atoms with E-state index in [1.54, 1.807) is 0 Å². The predicted molar refractivity (Wildman–Crippen MR) is 118 cm³/mol. The molecule has 1 aromatic carbocycles. The first-order chi connectivity index (χ1) is 13.2. The minimum absolute atomic E-state index is 0.332. The molecule has 0 unspecified atom stereocenters. The summed E-state index contributed by atoms with van der Waals surface area (Å²) in [4.78, 5) is 10.3. The van der Waals surface area contributed by atoms with Crippen molar-refractivity contribution in [1.29, 1.82) is 0 Å². The van der Waals surface area contributed by atoms with Gasteiger partial charge in [-0.05, 0) is 39.0 Å². The number of hydrogen-bond donors (Lipinski definition) is 1. The minimum Gasteiger partial charge on any atom is -0.481 e. The summed E-state index contributed by atoms with van der Waals surface area (Å²) in [6.07, 6.45) is 21.2. The third kappa shape index (κ3) is 22.4. The smallest absolute Gasteiger partial charge is 0.303 e. The highest BCUT2D eigenvalue weighted by molar-refractivity contribution is 5.66. The maximum absolute atomic E-state index is 10.3. The Morgan fingerprint density at radius 1 is 0.778 bits per heavy atom. The van der Waals surface area contributed by atoms with Gasteiger partial charge in [-0.15, -0.1) is 0 Å². The molecule has 1 N–H and O–H groups in total. The van der Waals surface area contributed by atoms with Gasteiger partial charge in [-0.3, -0.25) is 4.79 Å². The van der Waals surface area contributed by atoms with Gasteiger partial charge in [-0.1, -0.05) is 106 Å². The molecule has 0 heterocycles. The molecule has 0 saturated carbocycles. The molecule has 0 aliphatic carbocycles. The van der Waals surface area contributed by atoms with Crippen LogP contribution >= 0.6 is 0 Å². The Labute approximate surface area is 168 Å². The SMILES string of the molecule is CCCCCCCCC=CCCCCCCCC(=O)O.Cc1ccccc1. The summed E-state index contributed by atoms with van der Waals surface area (Å²) in [6.45, 7) is 4.34. The van der Waals surface area contributed by atoms with Gasteiger partial charge in [0.1, 0.15) is 0 Å². The molecular formula is C25H42O2. The van der Waals surface area contributed by atoms with Gasteiger partial charge in [0, 0.05) is 6.42 Å².